The summed E-state index contributed by atoms with van der Waals surface area (Å²) >= 11 is 0. The predicted molar refractivity (Wildman–Crippen MR) is 197 cm³/mol. The maximum absolute atomic E-state index is 7.03. The number of fused-ring (bicyclic) bond motifs is 7. The van der Waals surface area contributed by atoms with Crippen LogP contribution in [0.15, 0.2) is 142 Å². The second kappa shape index (κ2) is 12.9. The Bertz CT molecular complexity index is 1990. The van der Waals surface area contributed by atoms with Crippen molar-refractivity contribution < 1.29 is 8.39 Å². The van der Waals surface area contributed by atoms with Gasteiger partial charge in [-0.2, -0.15) is 4.67 Å². The first-order valence-electron chi connectivity index (χ1n) is 15.9. The van der Waals surface area contributed by atoms with Crippen LogP contribution in [0.2, 0.25) is 0 Å². The summed E-state index contributed by atoms with van der Waals surface area (Å²) in [5.41, 5.74) is 2.23. The van der Waals surface area contributed by atoms with E-state index in [1.165, 1.54) is 32.2 Å². The van der Waals surface area contributed by atoms with Gasteiger partial charge in [0.25, 0.3) is 0 Å². The molecule has 5 heteroatoms. The topological polar surface area (TPSA) is 29.5 Å². The molecule has 0 saturated heterocycles. The number of hydrogen-bond acceptors (Lipinski definition) is 3. The van der Waals surface area contributed by atoms with Crippen molar-refractivity contribution in [3.63, 3.8) is 0 Å². The third kappa shape index (κ3) is 5.82. The highest BCUT2D eigenvalue weighted by Gasteiger charge is 2.29. The fourth-order valence-electron chi connectivity index (χ4n) is 6.85. The first-order valence-corrected chi connectivity index (χ1v) is 18.4. The van der Waals surface area contributed by atoms with E-state index in [0.717, 1.165) is 28.4 Å². The molecule has 3 nitrogen and oxygen atoms in total. The van der Waals surface area contributed by atoms with Crippen molar-refractivity contribution in [2.24, 2.45) is 0 Å². The molecule has 0 aliphatic heterocycles. The Morgan fingerprint density at radius 1 is 0.556 bits per heavy atom. The number of rotatable bonds is 8. The summed E-state index contributed by atoms with van der Waals surface area (Å²) in [6, 6.07) is 48.4. The molecule has 0 aliphatic rings. The van der Waals surface area contributed by atoms with E-state index in [-0.39, 0.29) is 12.1 Å². The van der Waals surface area contributed by atoms with Gasteiger partial charge in [-0.25, -0.2) is 0 Å². The molecule has 0 bridgehead atoms. The highest BCUT2D eigenvalue weighted by Crippen LogP contribution is 2.46. The van der Waals surface area contributed by atoms with E-state index in [4.69, 9.17) is 8.39 Å². The van der Waals surface area contributed by atoms with Gasteiger partial charge >= 0.3 is 8.16 Å². The lowest BCUT2D eigenvalue weighted by Crippen LogP contribution is -2.38. The SMILES string of the molecule is CC(C)N([C@@H](C)C[C@H](C)P(c1ccccc1)c1ccccc1)p1oc2ccc3ccccc3c2c2c(ccc3ccccc32)o1. The van der Waals surface area contributed by atoms with Gasteiger partial charge in [-0.3, -0.25) is 0 Å². The van der Waals surface area contributed by atoms with E-state index < -0.39 is 16.1 Å². The Labute approximate surface area is 267 Å². The average Bonchev–Trinajstić information content (AvgIpc) is 3.23. The molecule has 6 aromatic carbocycles. The van der Waals surface area contributed by atoms with Crippen molar-refractivity contribution in [2.45, 2.75) is 51.9 Å². The van der Waals surface area contributed by atoms with Crippen LogP contribution < -0.4 is 15.3 Å². The minimum Gasteiger partial charge on any atom is -0.408 e. The van der Waals surface area contributed by atoms with Gasteiger partial charge in [0.15, 0.2) is 0 Å². The average molecular weight is 628 g/mol. The van der Waals surface area contributed by atoms with E-state index in [0.29, 0.717) is 5.66 Å². The normalized spacial score (nSPS) is 13.4. The molecule has 0 fully saturated rings. The zero-order valence-electron chi connectivity index (χ0n) is 26.3. The van der Waals surface area contributed by atoms with Crippen LogP contribution in [0.5, 0.6) is 0 Å². The molecule has 2 atom stereocenters. The molecule has 45 heavy (non-hydrogen) atoms. The molecule has 1 aromatic heterocycles. The molecule has 1 heterocycles. The summed E-state index contributed by atoms with van der Waals surface area (Å²) in [7, 11) is -1.98. The van der Waals surface area contributed by atoms with E-state index >= 15 is 0 Å². The van der Waals surface area contributed by atoms with Crippen LogP contribution in [-0.2, 0) is 0 Å². The van der Waals surface area contributed by atoms with E-state index in [1.54, 1.807) is 0 Å². The van der Waals surface area contributed by atoms with Crippen LogP contribution >= 0.6 is 16.1 Å². The van der Waals surface area contributed by atoms with Gasteiger partial charge in [-0.1, -0.05) is 128 Å². The summed E-state index contributed by atoms with van der Waals surface area (Å²) < 4.78 is 16.5. The van der Waals surface area contributed by atoms with Crippen molar-refractivity contribution in [3.05, 3.63) is 133 Å². The zero-order chi connectivity index (χ0) is 30.9. The predicted octanol–water partition coefficient (Wildman–Crippen LogP) is 11.2. The summed E-state index contributed by atoms with van der Waals surface area (Å²) in [4.78, 5) is 0. The summed E-state index contributed by atoms with van der Waals surface area (Å²) in [6.45, 7) is 9.30. The van der Waals surface area contributed by atoms with Crippen LogP contribution in [-0.4, -0.2) is 17.7 Å². The monoisotopic (exact) mass is 627 g/mol. The van der Waals surface area contributed by atoms with Gasteiger partial charge in [0, 0.05) is 22.9 Å². The molecule has 0 amide bonds. The fourth-order valence-corrected chi connectivity index (χ4v) is 11.3. The highest BCUT2D eigenvalue weighted by atomic mass is 31.1. The molecule has 0 spiro atoms. The Kier molecular flexibility index (Phi) is 8.52. The summed E-state index contributed by atoms with van der Waals surface area (Å²) in [6.07, 6.45) is 1.02. The largest absolute Gasteiger partial charge is 0.408 e. The maximum Gasteiger partial charge on any atom is 0.310 e. The van der Waals surface area contributed by atoms with E-state index in [1.807, 2.05) is 0 Å². The fraction of sp³-hybridized carbons (Fsp3) is 0.200. The third-order valence-corrected chi connectivity index (χ3v) is 13.5. The number of nitrogens with zero attached hydrogens (tertiary/aromatic N) is 1. The van der Waals surface area contributed by atoms with Gasteiger partial charge in [0.1, 0.15) is 11.2 Å². The Morgan fingerprint density at radius 2 is 1.00 bits per heavy atom. The molecule has 0 aliphatic carbocycles. The third-order valence-electron chi connectivity index (χ3n) is 8.75. The lowest BCUT2D eigenvalue weighted by molar-refractivity contribution is 0.531. The molecule has 0 N–H and O–H groups in total. The first-order chi connectivity index (χ1) is 22.0. The van der Waals surface area contributed by atoms with Gasteiger partial charge in [-0.05, 0) is 85.1 Å². The smallest absolute Gasteiger partial charge is 0.310 e. The van der Waals surface area contributed by atoms with Crippen molar-refractivity contribution in [1.82, 2.24) is 0 Å². The second-order valence-corrected chi connectivity index (χ2v) is 16.1. The quantitative estimate of drug-likeness (QED) is 0.157. The maximum atomic E-state index is 7.03. The van der Waals surface area contributed by atoms with E-state index in [2.05, 4.69) is 166 Å². The van der Waals surface area contributed by atoms with Crippen LogP contribution in [0.4, 0.5) is 0 Å². The van der Waals surface area contributed by atoms with Gasteiger partial charge in [-0.15, -0.1) is 0 Å². The van der Waals surface area contributed by atoms with Crippen molar-refractivity contribution in [3.8, 4) is 0 Å². The zero-order valence-corrected chi connectivity index (χ0v) is 28.1. The molecular weight excluding hydrogens is 588 g/mol. The van der Waals surface area contributed by atoms with Gasteiger partial charge < -0.3 is 8.39 Å². The Hall–Kier alpha value is -3.87. The molecule has 7 aromatic rings. The van der Waals surface area contributed by atoms with Crippen LogP contribution in [0, 0.1) is 0 Å². The molecule has 7 rings (SSSR count). The minimum atomic E-state index is -1.44. The molecule has 0 saturated carbocycles. The Balaban J connectivity index is 1.38. The molecule has 0 radical (unpaired) electrons. The molecule has 226 valence electrons. The Morgan fingerprint density at radius 3 is 1.47 bits per heavy atom. The molecule has 0 unspecified atom stereocenters. The van der Waals surface area contributed by atoms with Gasteiger partial charge in [0.2, 0.25) is 0 Å². The second-order valence-electron chi connectivity index (χ2n) is 12.2. The first kappa shape index (κ1) is 29.8. The van der Waals surface area contributed by atoms with Crippen LogP contribution in [0.25, 0.3) is 43.5 Å². The van der Waals surface area contributed by atoms with Crippen LogP contribution in [0.3, 0.4) is 0 Å². The van der Waals surface area contributed by atoms with Gasteiger partial charge in [0.05, 0.1) is 0 Å². The minimum absolute atomic E-state index is 0.226. The molecular formula is C40H39NO2P2. The van der Waals surface area contributed by atoms with Crippen molar-refractivity contribution >= 4 is 70.2 Å². The lowest BCUT2D eigenvalue weighted by Gasteiger charge is -2.33. The van der Waals surface area contributed by atoms with Crippen molar-refractivity contribution in [1.29, 1.82) is 0 Å². The van der Waals surface area contributed by atoms with Crippen molar-refractivity contribution in [2.75, 3.05) is 4.67 Å². The standard InChI is InChI=1S/C40H39NO2P2/c1-28(2)41(29(3)27-30(4)44(33-17-7-5-8-18-33)34-19-9-6-10-20-34)45-42-37-25-23-31-15-11-13-21-35(31)39(37)40-36-22-14-12-16-32(36)24-26-38(40)43-45/h5-26,28-30H,27H2,1-4H3/t29-,30-/m0/s1. The number of benzene rings is 6. The number of hydrogen-bond donors (Lipinski definition) is 0. The highest BCUT2D eigenvalue weighted by molar-refractivity contribution is 7.73. The summed E-state index contributed by atoms with van der Waals surface area (Å²) in [5.74, 6) is 0. The van der Waals surface area contributed by atoms with E-state index in [9.17, 15) is 0 Å². The lowest BCUT2D eigenvalue weighted by atomic mass is 9.99. The van der Waals surface area contributed by atoms with Crippen LogP contribution in [0.1, 0.15) is 34.1 Å². The summed E-state index contributed by atoms with van der Waals surface area (Å²) in [5, 5.41) is 9.83.